The zero-order chi connectivity index (χ0) is 62.3. The van der Waals surface area contributed by atoms with Crippen molar-refractivity contribution < 1.29 is 38.9 Å². The molecular formula is C70H135N5O8S2. The van der Waals surface area contributed by atoms with Gasteiger partial charge in [0.1, 0.15) is 19.3 Å². The van der Waals surface area contributed by atoms with Crippen LogP contribution in [0.1, 0.15) is 291 Å². The van der Waals surface area contributed by atoms with Crippen molar-refractivity contribution in [3.63, 3.8) is 0 Å². The Morgan fingerprint density at radius 2 is 0.859 bits per heavy atom. The number of rotatable bonds is 66. The highest BCUT2D eigenvalue weighted by atomic mass is 33.1. The van der Waals surface area contributed by atoms with E-state index in [1.165, 1.54) is 103 Å². The van der Waals surface area contributed by atoms with E-state index < -0.39 is 18.2 Å². The quantitative estimate of drug-likeness (QED) is 0.0197. The number of esters is 2. The number of aliphatic hydroxyl groups excluding tert-OH is 2. The fraction of sp³-hybridized carbons (Fsp3) is 0.886. The van der Waals surface area contributed by atoms with Crippen LogP contribution < -0.4 is 10.6 Å². The molecule has 0 saturated heterocycles. The molecule has 0 aliphatic carbocycles. The van der Waals surface area contributed by atoms with Gasteiger partial charge in [0.25, 0.3) is 0 Å². The molecule has 0 bridgehead atoms. The summed E-state index contributed by atoms with van der Waals surface area (Å²) < 4.78 is 10.9. The number of hydrogen-bond acceptors (Lipinski definition) is 13. The third-order valence-electron chi connectivity index (χ3n) is 15.8. The van der Waals surface area contributed by atoms with Crippen LogP contribution in [0.15, 0.2) is 24.3 Å². The maximum absolute atomic E-state index is 13.6. The Morgan fingerprint density at radius 1 is 0.435 bits per heavy atom. The molecule has 3 unspecified atom stereocenters. The standard InChI is InChI=1S/C70H135N5O8S2/c1-7-11-15-19-23-33-42-58-82-68(79)48-37-29-25-31-39-54-74(55-40-32-26-30-38-49-69(80)83-59-43-34-24-20-16-12-8-2)56-41-44-60-84-85-61-51-66(70(81)71-52-45-53-73(5)6)72-67(78)50-57-75(62-64(76)46-35-27-21-17-13-9-3)63-65(77)47-36-28-22-18-14-10-4/h33-34,42-43,64-66,76-77H,7-32,35-41,44-63H2,1-6H3,(H,71,81)(H,72,78)/b42-33-,43-34-. The van der Waals surface area contributed by atoms with Crippen LogP contribution in [0.4, 0.5) is 0 Å². The monoisotopic (exact) mass is 1240 g/mol. The Hall–Kier alpha value is -2.14. The maximum atomic E-state index is 13.6. The van der Waals surface area contributed by atoms with Crippen molar-refractivity contribution in [2.24, 2.45) is 0 Å². The van der Waals surface area contributed by atoms with Gasteiger partial charge in [-0.2, -0.15) is 0 Å². The number of carbonyl (C=O) groups excluding carboxylic acids is 4. The zero-order valence-electron chi connectivity index (χ0n) is 56.0. The summed E-state index contributed by atoms with van der Waals surface area (Å²) in [5.41, 5.74) is 0. The lowest BCUT2D eigenvalue weighted by Gasteiger charge is -2.27. The summed E-state index contributed by atoms with van der Waals surface area (Å²) in [5, 5.41) is 28.3. The first-order valence-electron chi connectivity index (χ1n) is 35.3. The molecule has 0 saturated carbocycles. The third kappa shape index (κ3) is 60.5. The molecule has 0 aromatic rings. The van der Waals surface area contributed by atoms with E-state index in [4.69, 9.17) is 9.47 Å². The molecule has 15 heteroatoms. The summed E-state index contributed by atoms with van der Waals surface area (Å²) in [7, 11) is 7.67. The van der Waals surface area contributed by atoms with Gasteiger partial charge in [0, 0.05) is 56.9 Å². The predicted octanol–water partition coefficient (Wildman–Crippen LogP) is 16.1. The molecule has 0 rings (SSSR count). The molecule has 0 radical (unpaired) electrons. The first-order chi connectivity index (χ1) is 41.4. The first kappa shape index (κ1) is 82.9. The molecule has 0 aliphatic heterocycles. The van der Waals surface area contributed by atoms with Crippen molar-refractivity contribution in [3.05, 3.63) is 24.3 Å². The number of hydrogen-bond donors (Lipinski definition) is 4. The van der Waals surface area contributed by atoms with E-state index in [0.717, 1.165) is 173 Å². The summed E-state index contributed by atoms with van der Waals surface area (Å²) in [4.78, 5) is 58.6. The minimum absolute atomic E-state index is 0.0935. The van der Waals surface area contributed by atoms with Gasteiger partial charge in [-0.1, -0.05) is 228 Å². The molecule has 0 aromatic heterocycles. The Bertz CT molecular complexity index is 1480. The topological polar surface area (TPSA) is 161 Å². The molecule has 0 spiro atoms. The molecule has 85 heavy (non-hydrogen) atoms. The highest BCUT2D eigenvalue weighted by Gasteiger charge is 2.23. The molecule has 500 valence electrons. The van der Waals surface area contributed by atoms with Gasteiger partial charge >= 0.3 is 11.9 Å². The average Bonchev–Trinajstić information content (AvgIpc) is 3.49. The van der Waals surface area contributed by atoms with Crippen molar-refractivity contribution >= 4 is 45.3 Å². The predicted molar refractivity (Wildman–Crippen MR) is 365 cm³/mol. The number of unbranched alkanes of at least 4 members (excludes halogenated alkanes) is 27. The lowest BCUT2D eigenvalue weighted by Crippen LogP contribution is -2.48. The van der Waals surface area contributed by atoms with Gasteiger partial charge in [0.15, 0.2) is 0 Å². The van der Waals surface area contributed by atoms with Gasteiger partial charge in [-0.25, -0.2) is 0 Å². The molecule has 0 fully saturated rings. The van der Waals surface area contributed by atoms with Crippen LogP contribution >= 0.6 is 21.6 Å². The van der Waals surface area contributed by atoms with Gasteiger partial charge in [-0.05, 0) is 130 Å². The van der Waals surface area contributed by atoms with E-state index in [1.54, 1.807) is 10.8 Å². The lowest BCUT2D eigenvalue weighted by atomic mass is 10.1. The lowest BCUT2D eigenvalue weighted by molar-refractivity contribution is -0.143. The van der Waals surface area contributed by atoms with Crippen LogP contribution in [0.3, 0.4) is 0 Å². The highest BCUT2D eigenvalue weighted by Crippen LogP contribution is 2.24. The number of allylic oxidation sites excluding steroid dienone is 2. The van der Waals surface area contributed by atoms with Gasteiger partial charge in [-0.3, -0.25) is 24.1 Å². The summed E-state index contributed by atoms with van der Waals surface area (Å²) in [6, 6.07) is -0.629. The van der Waals surface area contributed by atoms with Gasteiger partial charge in [0.05, 0.1) is 12.2 Å². The Kier molecular flexibility index (Phi) is 63.2. The number of amides is 2. The van der Waals surface area contributed by atoms with Crippen LogP contribution in [0, 0.1) is 0 Å². The van der Waals surface area contributed by atoms with Crippen LogP contribution in [0.5, 0.6) is 0 Å². The smallest absolute Gasteiger partial charge is 0.306 e. The van der Waals surface area contributed by atoms with Gasteiger partial charge in [0.2, 0.25) is 11.8 Å². The minimum Gasteiger partial charge on any atom is -0.461 e. The normalized spacial score (nSPS) is 13.0. The van der Waals surface area contributed by atoms with E-state index in [0.29, 0.717) is 58.7 Å². The molecule has 2 amide bonds. The Labute approximate surface area is 531 Å². The molecule has 0 aromatic carbocycles. The Morgan fingerprint density at radius 3 is 1.34 bits per heavy atom. The summed E-state index contributed by atoms with van der Waals surface area (Å²) in [6.45, 7) is 15.6. The SMILES string of the molecule is CCCCCC/C=C\COC(=O)CCCCCCCN(CCCCCCCC(=O)OC/C=C\CCCCCC)CCCCSSCCC(NC(=O)CCN(CC(O)CCCCCCCC)CC(O)CCCCCCCC)C(=O)NCCCN(C)C. The summed E-state index contributed by atoms with van der Waals surface area (Å²) in [6.07, 6.45) is 50.2. The molecule has 3 atom stereocenters. The Balaban J connectivity index is 5.24. The minimum atomic E-state index is -0.629. The maximum Gasteiger partial charge on any atom is 0.306 e. The molecule has 4 N–H and O–H groups in total. The fourth-order valence-electron chi connectivity index (χ4n) is 10.4. The van der Waals surface area contributed by atoms with E-state index >= 15 is 0 Å². The average molecular weight is 1240 g/mol. The second-order valence-corrected chi connectivity index (χ2v) is 27.2. The van der Waals surface area contributed by atoms with Gasteiger partial charge < -0.3 is 40.1 Å². The van der Waals surface area contributed by atoms with Crippen molar-refractivity contribution in [2.45, 2.75) is 309 Å². The van der Waals surface area contributed by atoms with E-state index in [-0.39, 0.29) is 30.2 Å². The molecule has 0 heterocycles. The molecule has 13 nitrogen and oxygen atoms in total. The van der Waals surface area contributed by atoms with Crippen LogP contribution in [0.25, 0.3) is 0 Å². The second-order valence-electron chi connectivity index (χ2n) is 24.5. The largest absolute Gasteiger partial charge is 0.461 e. The zero-order valence-corrected chi connectivity index (χ0v) is 57.7. The number of nitrogens with zero attached hydrogens (tertiary/aromatic N) is 3. The van der Waals surface area contributed by atoms with Crippen molar-refractivity contribution in [3.8, 4) is 0 Å². The highest BCUT2D eigenvalue weighted by molar-refractivity contribution is 8.76. The van der Waals surface area contributed by atoms with Crippen molar-refractivity contribution in [1.29, 1.82) is 0 Å². The number of carbonyl (C=O) groups is 4. The second kappa shape index (κ2) is 64.8. The van der Waals surface area contributed by atoms with E-state index in [1.807, 2.05) is 37.0 Å². The number of ether oxygens (including phenoxy) is 2. The first-order valence-corrected chi connectivity index (χ1v) is 37.8. The van der Waals surface area contributed by atoms with Crippen LogP contribution in [-0.4, -0.2) is 158 Å². The van der Waals surface area contributed by atoms with Crippen molar-refractivity contribution in [2.75, 3.05) is 91.2 Å². The summed E-state index contributed by atoms with van der Waals surface area (Å²) in [5.74, 6) is 1.26. The summed E-state index contributed by atoms with van der Waals surface area (Å²) >= 11 is 0. The van der Waals surface area contributed by atoms with Gasteiger partial charge in [-0.15, -0.1) is 0 Å². The fourth-order valence-corrected chi connectivity index (χ4v) is 12.7. The van der Waals surface area contributed by atoms with E-state index in [2.05, 4.69) is 65.2 Å². The van der Waals surface area contributed by atoms with Crippen LogP contribution in [0.2, 0.25) is 0 Å². The molecule has 0 aliphatic rings. The third-order valence-corrected chi connectivity index (χ3v) is 18.3. The van der Waals surface area contributed by atoms with Crippen LogP contribution in [-0.2, 0) is 28.7 Å². The molecular weight excluding hydrogens is 1100 g/mol. The number of aliphatic hydroxyl groups is 2. The number of nitrogens with one attached hydrogen (secondary N) is 2. The van der Waals surface area contributed by atoms with E-state index in [9.17, 15) is 29.4 Å². The van der Waals surface area contributed by atoms with Crippen molar-refractivity contribution in [1.82, 2.24) is 25.3 Å².